The lowest BCUT2D eigenvalue weighted by Gasteiger charge is -2.05. The van der Waals surface area contributed by atoms with Crippen molar-refractivity contribution in [2.45, 2.75) is 386 Å². The van der Waals surface area contributed by atoms with Crippen molar-refractivity contribution in [2.75, 3.05) is 0 Å². The summed E-state index contributed by atoms with van der Waals surface area (Å²) < 4.78 is 0. The van der Waals surface area contributed by atoms with Gasteiger partial charge in [-0.2, -0.15) is 0 Å². The zero-order valence-corrected chi connectivity index (χ0v) is 43.0. The highest BCUT2D eigenvalue weighted by Crippen LogP contribution is 2.19. The van der Waals surface area contributed by atoms with E-state index in [-0.39, 0.29) is 0 Å². The molecule has 0 unspecified atom stereocenters. The number of hydrogen-bond acceptors (Lipinski definition) is 0. The second kappa shape index (κ2) is 59.0. The average Bonchev–Trinajstić information content (AvgIpc) is 3.24. The smallest absolute Gasteiger partial charge is 0.0533 e. The molecule has 362 valence electrons. The van der Waals surface area contributed by atoms with E-state index in [1.807, 2.05) is 0 Å². The summed E-state index contributed by atoms with van der Waals surface area (Å²) in [6.07, 6.45) is 86.4. The molecule has 4 aliphatic carbocycles. The number of unbranched alkanes of at least 4 members (excludes halogenated alkanes) is 9. The molecule has 0 aromatic rings. The Morgan fingerprint density at radius 3 is 0.250 bits per heavy atom. The monoisotopic (exact) mass is 843 g/mol. The van der Waals surface area contributed by atoms with E-state index in [0.717, 1.165) is 0 Å². The van der Waals surface area contributed by atoms with Crippen LogP contribution in [0.5, 0.6) is 0 Å². The van der Waals surface area contributed by atoms with Crippen LogP contribution in [0, 0.1) is 0 Å². The first-order valence-electron chi connectivity index (χ1n) is 29.9. The van der Waals surface area contributed by atoms with Crippen molar-refractivity contribution in [2.24, 2.45) is 0 Å². The Labute approximate surface area is 384 Å². The van der Waals surface area contributed by atoms with Crippen LogP contribution in [0.2, 0.25) is 0 Å². The Balaban J connectivity index is 0.000000725. The minimum absolute atomic E-state index is 1.37. The van der Waals surface area contributed by atoms with Gasteiger partial charge in [0.05, 0.1) is 0 Å². The lowest BCUT2D eigenvalue weighted by molar-refractivity contribution is 0.504. The Hall–Kier alpha value is 0. The zero-order chi connectivity index (χ0) is 43.0. The summed E-state index contributed by atoms with van der Waals surface area (Å²) in [6, 6.07) is 0. The zero-order valence-electron chi connectivity index (χ0n) is 43.0. The second-order valence-corrected chi connectivity index (χ2v) is 20.8. The number of rotatable bonds is 9. The van der Waals surface area contributed by atoms with E-state index in [1.165, 1.54) is 372 Å². The third kappa shape index (κ3) is 58.0. The van der Waals surface area contributed by atoms with Gasteiger partial charge in [0.15, 0.2) is 0 Å². The first kappa shape index (κ1) is 60.0. The average molecular weight is 844 g/mol. The van der Waals surface area contributed by atoms with E-state index < -0.39 is 0 Å². The van der Waals surface area contributed by atoms with Crippen LogP contribution in [0.15, 0.2) is 0 Å². The number of hydrogen-bond donors (Lipinski definition) is 0. The fourth-order valence-corrected chi connectivity index (χ4v) is 10.0. The summed E-state index contributed by atoms with van der Waals surface area (Å²) in [4.78, 5) is 0. The largest absolute Gasteiger partial charge is 0.0654 e. The van der Waals surface area contributed by atoms with Crippen LogP contribution >= 0.6 is 0 Å². The minimum atomic E-state index is 1.37. The second-order valence-electron chi connectivity index (χ2n) is 20.8. The first-order valence-corrected chi connectivity index (χ1v) is 29.9. The van der Waals surface area contributed by atoms with E-state index in [9.17, 15) is 0 Å². The van der Waals surface area contributed by atoms with Gasteiger partial charge in [-0.05, 0) is 0 Å². The van der Waals surface area contributed by atoms with E-state index in [2.05, 4.69) is 13.8 Å². The summed E-state index contributed by atoms with van der Waals surface area (Å²) in [5, 5.41) is 0. The lowest BCUT2D eigenvalue weighted by Crippen LogP contribution is -1.85. The van der Waals surface area contributed by atoms with Gasteiger partial charge in [0.1, 0.15) is 0 Å². The summed E-state index contributed by atoms with van der Waals surface area (Å²) in [5.41, 5.74) is 0. The summed E-state index contributed by atoms with van der Waals surface area (Å²) in [6.45, 7) is 4.56. The van der Waals surface area contributed by atoms with Crippen molar-refractivity contribution in [1.29, 1.82) is 0 Å². The van der Waals surface area contributed by atoms with Gasteiger partial charge in [0.25, 0.3) is 0 Å². The molecule has 4 saturated carbocycles. The Bertz CT molecular complexity index is 401. The van der Waals surface area contributed by atoms with Crippen LogP contribution in [-0.4, -0.2) is 0 Å². The third-order valence-electron chi connectivity index (χ3n) is 14.5. The van der Waals surface area contributed by atoms with E-state index in [0.29, 0.717) is 0 Å². The van der Waals surface area contributed by atoms with Gasteiger partial charge in [-0.25, -0.2) is 0 Å². The molecule has 60 heavy (non-hydrogen) atoms. The van der Waals surface area contributed by atoms with E-state index in [1.54, 1.807) is 0 Å². The predicted molar refractivity (Wildman–Crippen MR) is 279 cm³/mol. The molecule has 0 atom stereocenters. The molecule has 4 rings (SSSR count). The van der Waals surface area contributed by atoms with Crippen molar-refractivity contribution >= 4 is 0 Å². The van der Waals surface area contributed by atoms with Gasteiger partial charge in [0, 0.05) is 0 Å². The molecule has 0 aliphatic heterocycles. The lowest BCUT2D eigenvalue weighted by atomic mass is 10.0. The quantitative estimate of drug-likeness (QED) is 0.203. The normalized spacial score (nSPS) is 21.3. The maximum absolute atomic E-state index is 2.28. The summed E-state index contributed by atoms with van der Waals surface area (Å²) >= 11 is 0. The molecule has 0 nitrogen and oxygen atoms in total. The first-order chi connectivity index (χ1) is 29.9. The summed E-state index contributed by atoms with van der Waals surface area (Å²) in [5.74, 6) is 0. The van der Waals surface area contributed by atoms with E-state index in [4.69, 9.17) is 0 Å². The SMILES string of the molecule is C1CCCCCCCCCCC1.C1CCCCCCCCCCC1.C1CCCCCCCCCCC1.C1CCCCCCCCCCC1.CCCCCCCCCCCC. The van der Waals surface area contributed by atoms with Crippen LogP contribution in [0.25, 0.3) is 0 Å². The van der Waals surface area contributed by atoms with Crippen LogP contribution in [0.3, 0.4) is 0 Å². The van der Waals surface area contributed by atoms with Crippen LogP contribution in [-0.2, 0) is 0 Å². The van der Waals surface area contributed by atoms with Crippen LogP contribution in [0.4, 0.5) is 0 Å². The molecule has 0 heterocycles. The predicted octanol–water partition coefficient (Wildman–Crippen LogP) is 23.7. The standard InChI is InChI=1S/4C12H24.C12H26/c4*1-2-4-6-8-10-12-11-9-7-5-3-1;1-3-5-7-9-11-12-10-8-6-4-2/h4*1-12H2;3-12H2,1-2H3. The Morgan fingerprint density at radius 1 is 0.117 bits per heavy atom. The van der Waals surface area contributed by atoms with Crippen LogP contribution in [0.1, 0.15) is 386 Å². The molecule has 0 saturated heterocycles. The molecule has 0 N–H and O–H groups in total. The summed E-state index contributed by atoms with van der Waals surface area (Å²) in [7, 11) is 0. The maximum atomic E-state index is 2.28. The maximum Gasteiger partial charge on any atom is -0.0533 e. The van der Waals surface area contributed by atoms with Gasteiger partial charge in [0.2, 0.25) is 0 Å². The molecule has 0 heteroatoms. The van der Waals surface area contributed by atoms with Gasteiger partial charge < -0.3 is 0 Å². The molecule has 0 aromatic carbocycles. The van der Waals surface area contributed by atoms with Crippen molar-refractivity contribution in [1.82, 2.24) is 0 Å². The molecular weight excluding hydrogens is 721 g/mol. The highest BCUT2D eigenvalue weighted by molar-refractivity contribution is 4.55. The topological polar surface area (TPSA) is 0 Å². The van der Waals surface area contributed by atoms with Crippen molar-refractivity contribution in [3.05, 3.63) is 0 Å². The van der Waals surface area contributed by atoms with E-state index >= 15 is 0 Å². The van der Waals surface area contributed by atoms with Crippen molar-refractivity contribution in [3.63, 3.8) is 0 Å². The fourth-order valence-electron chi connectivity index (χ4n) is 10.0. The van der Waals surface area contributed by atoms with Gasteiger partial charge in [-0.15, -0.1) is 0 Å². The third-order valence-corrected chi connectivity index (χ3v) is 14.5. The Kier molecular flexibility index (Phi) is 59.0. The van der Waals surface area contributed by atoms with Gasteiger partial charge in [-0.1, -0.05) is 386 Å². The molecule has 0 radical (unpaired) electrons. The fraction of sp³-hybridized carbons (Fsp3) is 1.00. The molecule has 4 fully saturated rings. The molecular formula is C60H122. The molecule has 0 aromatic heterocycles. The Morgan fingerprint density at radius 2 is 0.183 bits per heavy atom. The van der Waals surface area contributed by atoms with Crippen molar-refractivity contribution < 1.29 is 0 Å². The van der Waals surface area contributed by atoms with Gasteiger partial charge in [-0.3, -0.25) is 0 Å². The molecule has 0 amide bonds. The molecule has 0 bridgehead atoms. The highest BCUT2D eigenvalue weighted by Gasteiger charge is 2.00. The molecule has 0 spiro atoms. The van der Waals surface area contributed by atoms with Crippen LogP contribution < -0.4 is 0 Å². The van der Waals surface area contributed by atoms with Gasteiger partial charge >= 0.3 is 0 Å². The molecule has 4 aliphatic rings. The van der Waals surface area contributed by atoms with Crippen molar-refractivity contribution in [3.8, 4) is 0 Å². The minimum Gasteiger partial charge on any atom is -0.0654 e. The highest BCUT2D eigenvalue weighted by atomic mass is 14.1.